The van der Waals surface area contributed by atoms with Gasteiger partial charge >= 0.3 is 0 Å². The summed E-state index contributed by atoms with van der Waals surface area (Å²) in [7, 11) is 1.54. The van der Waals surface area contributed by atoms with Crippen molar-refractivity contribution < 1.29 is 14.3 Å². The molecule has 0 radical (unpaired) electrons. The van der Waals surface area contributed by atoms with Crippen LogP contribution in [0.25, 0.3) is 0 Å². The molecule has 2 aromatic rings. The van der Waals surface area contributed by atoms with Crippen LogP contribution >= 0.6 is 11.6 Å². The summed E-state index contributed by atoms with van der Waals surface area (Å²) in [5.74, 6) is 1.17. The predicted octanol–water partition coefficient (Wildman–Crippen LogP) is 4.06. The van der Waals surface area contributed by atoms with Gasteiger partial charge in [-0.1, -0.05) is 23.7 Å². The van der Waals surface area contributed by atoms with E-state index >= 15 is 0 Å². The molecule has 0 aliphatic rings. The summed E-state index contributed by atoms with van der Waals surface area (Å²) in [6, 6.07) is 12.8. The zero-order valence-corrected chi connectivity index (χ0v) is 13.3. The van der Waals surface area contributed by atoms with Gasteiger partial charge in [-0.3, -0.25) is 4.79 Å². The van der Waals surface area contributed by atoms with Gasteiger partial charge in [0.2, 0.25) is 5.91 Å². The van der Waals surface area contributed by atoms with Crippen molar-refractivity contribution in [2.24, 2.45) is 0 Å². The summed E-state index contributed by atoms with van der Waals surface area (Å²) < 4.78 is 10.7. The molecule has 1 N–H and O–H groups in total. The van der Waals surface area contributed by atoms with Gasteiger partial charge in [0.1, 0.15) is 11.5 Å². The maximum absolute atomic E-state index is 12.0. The molecule has 4 nitrogen and oxygen atoms in total. The summed E-state index contributed by atoms with van der Waals surface area (Å²) in [4.78, 5) is 12.0. The van der Waals surface area contributed by atoms with Crippen molar-refractivity contribution in [2.75, 3.05) is 19.0 Å². The van der Waals surface area contributed by atoms with Crippen LogP contribution in [0.3, 0.4) is 0 Å². The fourth-order valence-electron chi connectivity index (χ4n) is 1.96. The maximum Gasteiger partial charge on any atom is 0.227 e. The first-order valence-corrected chi connectivity index (χ1v) is 7.29. The number of benzene rings is 2. The topological polar surface area (TPSA) is 47.6 Å². The van der Waals surface area contributed by atoms with Gasteiger partial charge in [0.15, 0.2) is 0 Å². The van der Waals surface area contributed by atoms with E-state index in [2.05, 4.69) is 5.32 Å². The number of rotatable bonds is 6. The van der Waals surface area contributed by atoms with E-state index in [0.717, 1.165) is 11.3 Å². The first-order valence-electron chi connectivity index (χ1n) is 6.91. The molecule has 2 aromatic carbocycles. The molecule has 5 heteroatoms. The fourth-order valence-corrected chi connectivity index (χ4v) is 2.13. The number of nitrogens with one attached hydrogen (secondary N) is 1. The number of carbonyl (C=O) groups is 1. The van der Waals surface area contributed by atoms with E-state index in [4.69, 9.17) is 21.1 Å². The monoisotopic (exact) mass is 319 g/mol. The fraction of sp³-hybridized carbons (Fsp3) is 0.235. The second-order valence-electron chi connectivity index (χ2n) is 4.81. The highest BCUT2D eigenvalue weighted by Gasteiger charge is 2.08. The van der Waals surface area contributed by atoms with Crippen molar-refractivity contribution >= 4 is 23.2 Å². The smallest absolute Gasteiger partial charge is 0.227 e. The first kappa shape index (κ1) is 16.2. The standard InChI is InChI=1S/C17H18ClNO3/c1-12-4-3-5-14(10-12)22-9-8-17(20)19-15-11-13(18)6-7-16(15)21-2/h3-7,10-11H,8-9H2,1-2H3,(H,19,20). The number of methoxy groups -OCH3 is 1. The lowest BCUT2D eigenvalue weighted by atomic mass is 10.2. The molecule has 0 spiro atoms. The van der Waals surface area contributed by atoms with Crippen molar-refractivity contribution in [1.29, 1.82) is 0 Å². The van der Waals surface area contributed by atoms with Gasteiger partial charge in [-0.15, -0.1) is 0 Å². The molecule has 0 atom stereocenters. The van der Waals surface area contributed by atoms with Crippen molar-refractivity contribution in [3.8, 4) is 11.5 Å². The highest BCUT2D eigenvalue weighted by Crippen LogP contribution is 2.27. The molecule has 0 unspecified atom stereocenters. The van der Waals surface area contributed by atoms with Crippen molar-refractivity contribution in [2.45, 2.75) is 13.3 Å². The Balaban J connectivity index is 1.87. The van der Waals surface area contributed by atoms with Crippen LogP contribution in [0.15, 0.2) is 42.5 Å². The van der Waals surface area contributed by atoms with E-state index in [9.17, 15) is 4.79 Å². The SMILES string of the molecule is COc1ccc(Cl)cc1NC(=O)CCOc1cccc(C)c1. The molecule has 0 aromatic heterocycles. The zero-order chi connectivity index (χ0) is 15.9. The van der Waals surface area contributed by atoms with E-state index in [1.165, 1.54) is 0 Å². The number of ether oxygens (including phenoxy) is 2. The number of anilines is 1. The quantitative estimate of drug-likeness (QED) is 0.873. The van der Waals surface area contributed by atoms with E-state index in [0.29, 0.717) is 23.1 Å². The van der Waals surface area contributed by atoms with E-state index < -0.39 is 0 Å². The molecule has 2 rings (SSSR count). The third-order valence-corrected chi connectivity index (χ3v) is 3.26. The Kier molecular flexibility index (Phi) is 5.67. The third kappa shape index (κ3) is 4.67. The van der Waals surface area contributed by atoms with Gasteiger partial charge < -0.3 is 14.8 Å². The number of hydrogen-bond donors (Lipinski definition) is 1. The highest BCUT2D eigenvalue weighted by molar-refractivity contribution is 6.31. The minimum Gasteiger partial charge on any atom is -0.495 e. The lowest BCUT2D eigenvalue weighted by Crippen LogP contribution is -2.15. The largest absolute Gasteiger partial charge is 0.495 e. The summed E-state index contributed by atoms with van der Waals surface area (Å²) in [5, 5.41) is 3.31. The van der Waals surface area contributed by atoms with E-state index in [1.807, 2.05) is 31.2 Å². The Hall–Kier alpha value is -2.20. The second kappa shape index (κ2) is 7.71. The van der Waals surface area contributed by atoms with Gasteiger partial charge in [-0.25, -0.2) is 0 Å². The van der Waals surface area contributed by atoms with Crippen molar-refractivity contribution in [3.63, 3.8) is 0 Å². The van der Waals surface area contributed by atoms with Crippen molar-refractivity contribution in [3.05, 3.63) is 53.1 Å². The first-order chi connectivity index (χ1) is 10.6. The van der Waals surface area contributed by atoms with Crippen LogP contribution in [-0.2, 0) is 4.79 Å². The van der Waals surface area contributed by atoms with Gasteiger partial charge in [0, 0.05) is 5.02 Å². The number of aryl methyl sites for hydroxylation is 1. The summed E-state index contributed by atoms with van der Waals surface area (Å²) in [6.07, 6.45) is 0.240. The van der Waals surface area contributed by atoms with Gasteiger partial charge in [0.05, 0.1) is 25.8 Å². The van der Waals surface area contributed by atoms with Gasteiger partial charge in [0.25, 0.3) is 0 Å². The summed E-state index contributed by atoms with van der Waals surface area (Å²) >= 11 is 5.92. The number of amides is 1. The zero-order valence-electron chi connectivity index (χ0n) is 12.6. The van der Waals surface area contributed by atoms with Crippen LogP contribution in [0, 0.1) is 6.92 Å². The average molecular weight is 320 g/mol. The molecule has 22 heavy (non-hydrogen) atoms. The molecule has 0 fully saturated rings. The van der Waals surface area contributed by atoms with Crippen LogP contribution in [0.5, 0.6) is 11.5 Å². The molecular formula is C17H18ClNO3. The van der Waals surface area contributed by atoms with Crippen LogP contribution in [0.1, 0.15) is 12.0 Å². The van der Waals surface area contributed by atoms with Crippen LogP contribution in [0.4, 0.5) is 5.69 Å². The van der Waals surface area contributed by atoms with E-state index in [1.54, 1.807) is 25.3 Å². The molecule has 0 heterocycles. The third-order valence-electron chi connectivity index (χ3n) is 3.02. The second-order valence-corrected chi connectivity index (χ2v) is 5.24. The predicted molar refractivity (Wildman–Crippen MR) is 87.9 cm³/mol. The maximum atomic E-state index is 12.0. The lowest BCUT2D eigenvalue weighted by Gasteiger charge is -2.11. The normalized spacial score (nSPS) is 10.1. The van der Waals surface area contributed by atoms with Crippen LogP contribution in [0.2, 0.25) is 5.02 Å². The minimum atomic E-state index is -0.159. The molecule has 0 saturated heterocycles. The average Bonchev–Trinajstić information content (AvgIpc) is 2.47. The highest BCUT2D eigenvalue weighted by atomic mass is 35.5. The van der Waals surface area contributed by atoms with E-state index in [-0.39, 0.29) is 12.3 Å². The Morgan fingerprint density at radius 2 is 2.05 bits per heavy atom. The Bertz CT molecular complexity index is 658. The minimum absolute atomic E-state index is 0.159. The molecule has 1 amide bonds. The Labute approximate surface area is 135 Å². The van der Waals surface area contributed by atoms with Gasteiger partial charge in [-0.2, -0.15) is 0 Å². The molecule has 0 aliphatic heterocycles. The number of carbonyl (C=O) groups excluding carboxylic acids is 1. The molecule has 0 bridgehead atoms. The Morgan fingerprint density at radius 3 is 2.77 bits per heavy atom. The molecule has 0 aliphatic carbocycles. The molecule has 116 valence electrons. The van der Waals surface area contributed by atoms with Crippen LogP contribution in [-0.4, -0.2) is 19.6 Å². The molecule has 0 saturated carbocycles. The summed E-state index contributed by atoms with van der Waals surface area (Å²) in [6.45, 7) is 2.29. The number of hydrogen-bond acceptors (Lipinski definition) is 3. The van der Waals surface area contributed by atoms with Crippen LogP contribution < -0.4 is 14.8 Å². The Morgan fingerprint density at radius 1 is 1.23 bits per heavy atom. The number of halogens is 1. The molecular weight excluding hydrogens is 302 g/mol. The van der Waals surface area contributed by atoms with Gasteiger partial charge in [-0.05, 0) is 42.8 Å². The lowest BCUT2D eigenvalue weighted by molar-refractivity contribution is -0.116. The summed E-state index contributed by atoms with van der Waals surface area (Å²) in [5.41, 5.74) is 1.67. The van der Waals surface area contributed by atoms with Crippen molar-refractivity contribution in [1.82, 2.24) is 0 Å².